The average molecular weight is 336 g/mol. The summed E-state index contributed by atoms with van der Waals surface area (Å²) in [5.74, 6) is 0.145. The minimum atomic E-state index is -1.16. The van der Waals surface area contributed by atoms with Crippen LogP contribution in [-0.4, -0.2) is 53.2 Å². The highest BCUT2D eigenvalue weighted by Crippen LogP contribution is 2.47. The highest BCUT2D eigenvalue weighted by Gasteiger charge is 2.58. The molecule has 0 amide bonds. The van der Waals surface area contributed by atoms with Crippen LogP contribution in [0.2, 0.25) is 0 Å². The molecule has 5 nitrogen and oxygen atoms in total. The van der Waals surface area contributed by atoms with Gasteiger partial charge in [0.1, 0.15) is 11.4 Å². The molecule has 0 radical (unpaired) electrons. The molecule has 7 atom stereocenters. The summed E-state index contributed by atoms with van der Waals surface area (Å²) >= 11 is 12.6. The van der Waals surface area contributed by atoms with Crippen molar-refractivity contribution in [3.8, 4) is 0 Å². The second-order valence-electron chi connectivity index (χ2n) is 6.42. The number of nitrogens with one attached hydrogen (secondary N) is 1. The molecular formula is C14H23Cl2N3O2. The number of hydrogen-bond donors (Lipinski definition) is 3. The van der Waals surface area contributed by atoms with Gasteiger partial charge >= 0.3 is 0 Å². The fraction of sp³-hybridized carbons (Fsp3) is 0.929. The van der Waals surface area contributed by atoms with E-state index in [0.29, 0.717) is 18.8 Å². The van der Waals surface area contributed by atoms with Crippen LogP contribution < -0.4 is 11.1 Å². The lowest BCUT2D eigenvalue weighted by molar-refractivity contribution is -0.0902. The van der Waals surface area contributed by atoms with Crippen molar-refractivity contribution < 1.29 is 9.84 Å². The van der Waals surface area contributed by atoms with Crippen molar-refractivity contribution >= 4 is 29.0 Å². The van der Waals surface area contributed by atoms with Crippen LogP contribution >= 0.6 is 23.2 Å². The first-order chi connectivity index (χ1) is 9.96. The van der Waals surface area contributed by atoms with Gasteiger partial charge in [-0.05, 0) is 25.7 Å². The summed E-state index contributed by atoms with van der Waals surface area (Å²) in [7, 11) is 1.66. The predicted octanol–water partition coefficient (Wildman–Crippen LogP) is 1.05. The Bertz CT molecular complexity index is 436. The van der Waals surface area contributed by atoms with Crippen LogP contribution in [0.4, 0.5) is 0 Å². The lowest BCUT2D eigenvalue weighted by Crippen LogP contribution is -2.62. The molecule has 1 saturated heterocycles. The Kier molecular flexibility index (Phi) is 4.41. The maximum atomic E-state index is 11.4. The lowest BCUT2D eigenvalue weighted by atomic mass is 9.66. The molecule has 2 fully saturated rings. The predicted molar refractivity (Wildman–Crippen MR) is 83.9 cm³/mol. The van der Waals surface area contributed by atoms with Gasteiger partial charge in [0.25, 0.3) is 0 Å². The third kappa shape index (κ3) is 2.57. The van der Waals surface area contributed by atoms with E-state index in [1.165, 1.54) is 0 Å². The van der Waals surface area contributed by atoms with Crippen molar-refractivity contribution in [3.05, 3.63) is 0 Å². The van der Waals surface area contributed by atoms with Crippen LogP contribution in [0.25, 0.3) is 0 Å². The maximum Gasteiger partial charge on any atom is 0.131 e. The number of nitrogens with two attached hydrogens (primary N) is 1. The quantitative estimate of drug-likeness (QED) is 0.520. The molecule has 0 aromatic carbocycles. The van der Waals surface area contributed by atoms with Crippen molar-refractivity contribution in [1.82, 2.24) is 5.32 Å². The van der Waals surface area contributed by atoms with Crippen LogP contribution in [0.5, 0.6) is 0 Å². The van der Waals surface area contributed by atoms with Gasteiger partial charge in [0.15, 0.2) is 0 Å². The molecule has 2 aliphatic heterocycles. The summed E-state index contributed by atoms with van der Waals surface area (Å²) in [4.78, 5) is 4.53. The molecule has 0 aromatic heterocycles. The molecule has 0 aromatic rings. The molecule has 1 aliphatic carbocycles. The Balaban J connectivity index is 1.91. The van der Waals surface area contributed by atoms with E-state index < -0.39 is 5.60 Å². The number of methoxy groups -OCH3 is 1. The second kappa shape index (κ2) is 5.85. The second-order valence-corrected chi connectivity index (χ2v) is 7.56. The van der Waals surface area contributed by atoms with Crippen molar-refractivity contribution in [3.63, 3.8) is 0 Å². The van der Waals surface area contributed by atoms with Gasteiger partial charge < -0.3 is 15.6 Å². The molecule has 3 rings (SSSR count). The standard InChI is InChI=1S/C14H23Cl2N3O2/c1-21-11-6-18-12(16)5-9(11)14(20)8-4-7(15)2-3-10(8)19-13(14)17/h7-12,18,20H,2-6H2,1H3,(H2,17,19). The van der Waals surface area contributed by atoms with Gasteiger partial charge in [-0.2, -0.15) is 0 Å². The number of amidine groups is 1. The zero-order valence-electron chi connectivity index (χ0n) is 12.1. The number of piperidine rings is 1. The van der Waals surface area contributed by atoms with Gasteiger partial charge in [-0.15, -0.1) is 23.2 Å². The van der Waals surface area contributed by atoms with Gasteiger partial charge in [-0.25, -0.2) is 0 Å². The van der Waals surface area contributed by atoms with Gasteiger partial charge in [0.05, 0.1) is 17.6 Å². The molecule has 120 valence electrons. The minimum absolute atomic E-state index is 0.0293. The van der Waals surface area contributed by atoms with E-state index in [2.05, 4.69) is 10.3 Å². The number of ether oxygens (including phenoxy) is 1. The molecule has 0 spiro atoms. The first-order valence-corrected chi connectivity index (χ1v) is 8.44. The maximum absolute atomic E-state index is 11.4. The number of hydrogen-bond acceptors (Lipinski definition) is 5. The highest BCUT2D eigenvalue weighted by atomic mass is 35.5. The topological polar surface area (TPSA) is 79.9 Å². The molecule has 21 heavy (non-hydrogen) atoms. The first-order valence-electron chi connectivity index (χ1n) is 7.57. The van der Waals surface area contributed by atoms with E-state index in [0.717, 1.165) is 19.3 Å². The fourth-order valence-electron chi connectivity index (χ4n) is 4.22. The molecule has 7 heteroatoms. The number of nitrogens with zero attached hydrogens (tertiary/aromatic N) is 1. The third-order valence-corrected chi connectivity index (χ3v) is 6.08. The van der Waals surface area contributed by atoms with Crippen molar-refractivity contribution in [2.24, 2.45) is 22.6 Å². The van der Waals surface area contributed by atoms with Gasteiger partial charge in [-0.1, -0.05) is 0 Å². The number of halogens is 2. The summed E-state index contributed by atoms with van der Waals surface area (Å²) in [5, 5.41) is 14.7. The molecule has 2 heterocycles. The minimum Gasteiger partial charge on any atom is -0.385 e. The number of rotatable bonds is 2. The summed E-state index contributed by atoms with van der Waals surface area (Å²) in [6.45, 7) is 0.604. The number of aliphatic imine (C=N–C) groups is 1. The first kappa shape index (κ1) is 15.8. The largest absolute Gasteiger partial charge is 0.385 e. The lowest BCUT2D eigenvalue weighted by Gasteiger charge is -2.46. The van der Waals surface area contributed by atoms with Crippen molar-refractivity contribution in [2.75, 3.05) is 13.7 Å². The molecule has 3 aliphatic rings. The number of alkyl halides is 2. The van der Waals surface area contributed by atoms with E-state index in [-0.39, 0.29) is 34.9 Å². The fourth-order valence-corrected chi connectivity index (χ4v) is 4.82. The van der Waals surface area contributed by atoms with E-state index in [1.807, 2.05) is 0 Å². The summed E-state index contributed by atoms with van der Waals surface area (Å²) in [6, 6.07) is 0.0752. The Labute approximate surface area is 135 Å². The zero-order valence-corrected chi connectivity index (χ0v) is 13.6. The average Bonchev–Trinajstić information content (AvgIpc) is 2.72. The van der Waals surface area contributed by atoms with E-state index in [4.69, 9.17) is 33.7 Å². The van der Waals surface area contributed by atoms with Gasteiger partial charge in [-0.3, -0.25) is 10.3 Å². The van der Waals surface area contributed by atoms with Crippen LogP contribution in [0.15, 0.2) is 4.99 Å². The molecular weight excluding hydrogens is 313 g/mol. The Morgan fingerprint density at radius 3 is 2.81 bits per heavy atom. The summed E-state index contributed by atoms with van der Waals surface area (Å²) in [5.41, 5.74) is 4.80. The third-order valence-electron chi connectivity index (χ3n) is 5.35. The Morgan fingerprint density at radius 1 is 1.33 bits per heavy atom. The normalized spacial score (nSPS) is 50.6. The van der Waals surface area contributed by atoms with Crippen LogP contribution in [0.3, 0.4) is 0 Å². The van der Waals surface area contributed by atoms with Gasteiger partial charge in [0, 0.05) is 30.9 Å². The van der Waals surface area contributed by atoms with Crippen LogP contribution in [0.1, 0.15) is 25.7 Å². The van der Waals surface area contributed by atoms with E-state index in [9.17, 15) is 5.11 Å². The summed E-state index contributed by atoms with van der Waals surface area (Å²) < 4.78 is 5.56. The summed E-state index contributed by atoms with van der Waals surface area (Å²) in [6.07, 6.45) is 3.01. The number of fused-ring (bicyclic) bond motifs is 1. The van der Waals surface area contributed by atoms with Crippen LogP contribution in [0, 0.1) is 11.8 Å². The smallest absolute Gasteiger partial charge is 0.131 e. The van der Waals surface area contributed by atoms with Crippen LogP contribution in [-0.2, 0) is 4.74 Å². The zero-order chi connectivity index (χ0) is 15.2. The van der Waals surface area contributed by atoms with E-state index in [1.54, 1.807) is 7.11 Å². The molecule has 4 N–H and O–H groups in total. The highest BCUT2D eigenvalue weighted by molar-refractivity contribution is 6.20. The van der Waals surface area contributed by atoms with Crippen molar-refractivity contribution in [1.29, 1.82) is 0 Å². The number of aliphatic hydroxyl groups is 1. The molecule has 1 saturated carbocycles. The van der Waals surface area contributed by atoms with Gasteiger partial charge in [0.2, 0.25) is 0 Å². The molecule has 0 bridgehead atoms. The SMILES string of the molecule is COC1CNC(Cl)CC1C1(O)C(N)=NC2CCC(Cl)CC21. The monoisotopic (exact) mass is 335 g/mol. The van der Waals surface area contributed by atoms with E-state index >= 15 is 0 Å². The Morgan fingerprint density at radius 2 is 2.10 bits per heavy atom. The van der Waals surface area contributed by atoms with Crippen molar-refractivity contribution in [2.45, 2.75) is 54.3 Å². The Hall–Kier alpha value is -0.0700. The molecule has 7 unspecified atom stereocenters.